The number of carbonyl (C=O) groups excluding carboxylic acids is 1. The van der Waals surface area contributed by atoms with Gasteiger partial charge >= 0.3 is 0 Å². The van der Waals surface area contributed by atoms with Crippen molar-refractivity contribution in [3.05, 3.63) is 82.9 Å². The molecule has 1 N–H and O–H groups in total. The first-order valence-corrected chi connectivity index (χ1v) is 13.7. The van der Waals surface area contributed by atoms with Gasteiger partial charge in [0.25, 0.3) is 5.91 Å². The Morgan fingerprint density at radius 3 is 2.60 bits per heavy atom. The van der Waals surface area contributed by atoms with Gasteiger partial charge in [0.1, 0.15) is 11.8 Å². The topological polar surface area (TPSA) is 165 Å². The van der Waals surface area contributed by atoms with Gasteiger partial charge in [-0.25, -0.2) is 18.8 Å². The highest BCUT2D eigenvalue weighted by Crippen LogP contribution is 2.28. The second kappa shape index (κ2) is 11.9. The van der Waals surface area contributed by atoms with Gasteiger partial charge in [0.2, 0.25) is 5.88 Å². The summed E-state index contributed by atoms with van der Waals surface area (Å²) in [7, 11) is -2.02. The summed E-state index contributed by atoms with van der Waals surface area (Å²) in [5.74, 6) is 0.211. The maximum atomic E-state index is 12.5. The first-order chi connectivity index (χ1) is 19.1. The molecule has 3 aromatic heterocycles. The summed E-state index contributed by atoms with van der Waals surface area (Å²) in [6, 6.07) is 14.8. The number of nitrogens with zero attached hydrogens (tertiary/aromatic N) is 7. The van der Waals surface area contributed by atoms with Gasteiger partial charge in [-0.3, -0.25) is 14.3 Å². The van der Waals surface area contributed by atoms with E-state index in [2.05, 4.69) is 36.8 Å². The molecule has 4 rings (SSSR count). The summed E-state index contributed by atoms with van der Waals surface area (Å²) in [4.78, 5) is 20.8. The van der Waals surface area contributed by atoms with Gasteiger partial charge in [-0.15, -0.1) is 10.2 Å². The van der Waals surface area contributed by atoms with Gasteiger partial charge in [-0.05, 0) is 37.3 Å². The van der Waals surface area contributed by atoms with Crippen molar-refractivity contribution in [1.29, 1.82) is 5.26 Å². The maximum absolute atomic E-state index is 12.5. The fourth-order valence-corrected chi connectivity index (χ4v) is 4.21. The van der Waals surface area contributed by atoms with Crippen molar-refractivity contribution in [2.45, 2.75) is 11.8 Å². The third-order valence-corrected chi connectivity index (χ3v) is 6.91. The molecule has 0 spiro atoms. The number of sulfone groups is 1. The summed E-state index contributed by atoms with van der Waals surface area (Å²) in [6.45, 7) is 1.55. The maximum Gasteiger partial charge on any atom is 0.271 e. The molecule has 0 saturated carbocycles. The molecule has 14 heteroatoms. The number of para-hydroxylation sites is 1. The molecule has 0 fully saturated rings. The zero-order valence-corrected chi connectivity index (χ0v) is 23.0. The highest BCUT2D eigenvalue weighted by Gasteiger charge is 2.19. The normalized spacial score (nSPS) is 12.1. The number of methoxy groups -OCH3 is 1. The fourth-order valence-electron chi connectivity index (χ4n) is 3.43. The summed E-state index contributed by atoms with van der Waals surface area (Å²) < 4.78 is 30.3. The molecule has 0 saturated heterocycles. The molecular weight excluding hydrogens is 556 g/mol. The first-order valence-electron chi connectivity index (χ1n) is 11.5. The van der Waals surface area contributed by atoms with Crippen LogP contribution in [0.5, 0.6) is 5.88 Å². The molecule has 0 radical (unpaired) electrons. The second-order valence-corrected chi connectivity index (χ2v) is 10.6. The number of nitriles is 1. The number of hydrogen-bond donors (Lipinski definition) is 1. The molecule has 4 aromatic rings. The monoisotopic (exact) mass is 576 g/mol. The highest BCUT2D eigenvalue weighted by atomic mass is 35.5. The van der Waals surface area contributed by atoms with Crippen LogP contribution < -0.4 is 10.2 Å². The number of ether oxygens (including phenoxy) is 1. The molecule has 0 aliphatic rings. The van der Waals surface area contributed by atoms with E-state index in [1.807, 2.05) is 0 Å². The van der Waals surface area contributed by atoms with Gasteiger partial charge in [-0.1, -0.05) is 23.7 Å². The zero-order valence-electron chi connectivity index (χ0n) is 21.4. The van der Waals surface area contributed by atoms with E-state index in [0.717, 1.165) is 6.26 Å². The average molecular weight is 577 g/mol. The highest BCUT2D eigenvalue weighted by molar-refractivity contribution is 7.90. The number of rotatable bonds is 8. The number of hydrazone groups is 1. The summed E-state index contributed by atoms with van der Waals surface area (Å²) in [5, 5.41) is 22.7. The minimum Gasteiger partial charge on any atom is -0.481 e. The number of amides is 1. The Labute approximate surface area is 234 Å². The van der Waals surface area contributed by atoms with E-state index in [4.69, 9.17) is 16.3 Å². The third-order valence-electron chi connectivity index (χ3n) is 5.49. The minimum atomic E-state index is -3.45. The Hall–Kier alpha value is -4.93. The number of hydrogen-bond acceptors (Lipinski definition) is 10. The smallest absolute Gasteiger partial charge is 0.271 e. The van der Waals surface area contributed by atoms with E-state index in [0.29, 0.717) is 16.4 Å². The van der Waals surface area contributed by atoms with E-state index in [1.165, 1.54) is 49.8 Å². The number of carbonyl (C=O) groups is 1. The number of allylic oxidation sites excluding steroid dienone is 1. The summed E-state index contributed by atoms with van der Waals surface area (Å²) in [5.41, 5.74) is 3.77. The molecule has 0 aliphatic heterocycles. The number of pyridine rings is 2. The Bertz CT molecular complexity index is 1790. The minimum absolute atomic E-state index is 0.0473. The number of aromatic nitrogens is 5. The van der Waals surface area contributed by atoms with Crippen LogP contribution in [0.3, 0.4) is 0 Å². The molecule has 12 nitrogen and oxygen atoms in total. The lowest BCUT2D eigenvalue weighted by atomic mass is 10.2. The summed E-state index contributed by atoms with van der Waals surface area (Å²) >= 11 is 6.48. The standard InChI is InChI=1S/C26H21ClN8O4S/c1-16(31-34-26(36)17-10-11-29-24(13-17)39-2)18(14-28)12-23-32-33-25(35(23)22-7-5-4-6-20(22)27)21-9-8-19(15-30-21)40(3,37)38/h4-13,15H,1-3H3,(H,34,36)/b18-12-,31-16+. The van der Waals surface area contributed by atoms with E-state index in [1.54, 1.807) is 35.8 Å². The van der Waals surface area contributed by atoms with Gasteiger partial charge in [0, 0.05) is 36.4 Å². The Balaban J connectivity index is 1.74. The number of benzene rings is 1. The molecule has 0 bridgehead atoms. The lowest BCUT2D eigenvalue weighted by Crippen LogP contribution is -2.19. The predicted octanol–water partition coefficient (Wildman–Crippen LogP) is 3.50. The Morgan fingerprint density at radius 2 is 1.95 bits per heavy atom. The molecule has 0 atom stereocenters. The average Bonchev–Trinajstić information content (AvgIpc) is 3.37. The van der Waals surface area contributed by atoms with Gasteiger partial charge in [0.15, 0.2) is 21.5 Å². The molecule has 202 valence electrons. The molecule has 40 heavy (non-hydrogen) atoms. The van der Waals surface area contributed by atoms with Crippen molar-refractivity contribution in [2.75, 3.05) is 13.4 Å². The number of halogens is 1. The predicted molar refractivity (Wildman–Crippen MR) is 148 cm³/mol. The van der Waals surface area contributed by atoms with E-state index in [9.17, 15) is 18.5 Å². The largest absolute Gasteiger partial charge is 0.481 e. The molecule has 1 aromatic carbocycles. The first kappa shape index (κ1) is 28.1. The van der Waals surface area contributed by atoms with Crippen LogP contribution in [0.2, 0.25) is 5.02 Å². The Kier molecular flexibility index (Phi) is 8.32. The van der Waals surface area contributed by atoms with Crippen molar-refractivity contribution < 1.29 is 17.9 Å². The van der Waals surface area contributed by atoms with E-state index < -0.39 is 15.7 Å². The molecule has 0 unspecified atom stereocenters. The van der Waals surface area contributed by atoms with E-state index >= 15 is 0 Å². The van der Waals surface area contributed by atoms with Crippen molar-refractivity contribution in [3.63, 3.8) is 0 Å². The molecule has 3 heterocycles. The van der Waals surface area contributed by atoms with Gasteiger partial charge in [-0.2, -0.15) is 10.4 Å². The van der Waals surface area contributed by atoms with Crippen LogP contribution in [0.1, 0.15) is 23.1 Å². The molecular formula is C26H21ClN8O4S. The third kappa shape index (κ3) is 6.20. The molecule has 0 aliphatic carbocycles. The van der Waals surface area contributed by atoms with Crippen molar-refractivity contribution in [2.24, 2.45) is 5.10 Å². The lowest BCUT2D eigenvalue weighted by Gasteiger charge is -2.11. The van der Waals surface area contributed by atoms with Gasteiger partial charge < -0.3 is 4.74 Å². The summed E-state index contributed by atoms with van der Waals surface area (Å²) in [6.07, 6.45) is 5.17. The lowest BCUT2D eigenvalue weighted by molar-refractivity contribution is 0.0954. The van der Waals surface area contributed by atoms with Crippen molar-refractivity contribution >= 4 is 39.1 Å². The van der Waals surface area contributed by atoms with Crippen molar-refractivity contribution in [3.8, 4) is 29.2 Å². The Morgan fingerprint density at radius 1 is 1.18 bits per heavy atom. The SMILES string of the molecule is COc1cc(C(=O)N/N=C(C)/C(C#N)=C\c2nnc(-c3ccc(S(C)(=O)=O)cn3)n2-c2ccccc2Cl)ccn1. The van der Waals surface area contributed by atoms with Crippen LogP contribution in [-0.2, 0) is 9.84 Å². The zero-order chi connectivity index (χ0) is 28.9. The second-order valence-electron chi connectivity index (χ2n) is 8.21. The van der Waals surface area contributed by atoms with Crippen LogP contribution in [0.4, 0.5) is 0 Å². The van der Waals surface area contributed by atoms with Crippen LogP contribution in [-0.4, -0.2) is 58.1 Å². The van der Waals surface area contributed by atoms with Crippen molar-refractivity contribution in [1.82, 2.24) is 30.2 Å². The molecule has 1 amide bonds. The quantitative estimate of drug-likeness (QED) is 0.188. The van der Waals surface area contributed by atoms with Gasteiger partial charge in [0.05, 0.1) is 34.0 Å². The van der Waals surface area contributed by atoms with E-state index in [-0.39, 0.29) is 39.3 Å². The number of nitrogens with one attached hydrogen (secondary N) is 1. The van der Waals surface area contributed by atoms with Crippen LogP contribution in [0.15, 0.2) is 76.5 Å². The fraction of sp³-hybridized carbons (Fsp3) is 0.115. The van der Waals surface area contributed by atoms with Crippen LogP contribution in [0, 0.1) is 11.3 Å². The van der Waals surface area contributed by atoms with Crippen LogP contribution in [0.25, 0.3) is 23.3 Å². The van der Waals surface area contributed by atoms with Crippen LogP contribution >= 0.6 is 11.6 Å².